The molecule has 7 nitrogen and oxygen atoms in total. The Morgan fingerprint density at radius 2 is 1.83 bits per heavy atom. The van der Waals surface area contributed by atoms with Crippen molar-refractivity contribution < 1.29 is 14.0 Å². The summed E-state index contributed by atoms with van der Waals surface area (Å²) in [7, 11) is 3.21. The van der Waals surface area contributed by atoms with Crippen molar-refractivity contribution >= 4 is 6.01 Å². The molecule has 7 heteroatoms. The number of nitrogens with zero attached hydrogens (tertiary/aromatic N) is 3. The fraction of sp³-hybridized carbons (Fsp3) is 0.364. The molecule has 0 spiro atoms. The van der Waals surface area contributed by atoms with Crippen molar-refractivity contribution in [2.45, 2.75) is 25.4 Å². The summed E-state index contributed by atoms with van der Waals surface area (Å²) in [4.78, 5) is 6.99. The molecule has 1 saturated heterocycles. The van der Waals surface area contributed by atoms with Gasteiger partial charge in [-0.05, 0) is 30.5 Å². The molecule has 0 unspecified atom stereocenters. The number of likely N-dealkylation sites (tertiary alicyclic amines) is 1. The maximum absolute atomic E-state index is 5.47. The van der Waals surface area contributed by atoms with Gasteiger partial charge in [0.25, 0.3) is 0 Å². The molecular weight excluding hydrogens is 368 g/mol. The maximum atomic E-state index is 5.47. The summed E-state index contributed by atoms with van der Waals surface area (Å²) in [6.45, 7) is 3.07. The Hall–Kier alpha value is -3.06. The monoisotopic (exact) mass is 394 g/mol. The van der Waals surface area contributed by atoms with E-state index < -0.39 is 0 Å². The van der Waals surface area contributed by atoms with Crippen LogP contribution in [-0.2, 0) is 6.54 Å². The highest BCUT2D eigenvalue weighted by molar-refractivity contribution is 5.68. The molecule has 2 aromatic carbocycles. The van der Waals surface area contributed by atoms with Crippen LogP contribution in [0.2, 0.25) is 0 Å². The van der Waals surface area contributed by atoms with Crippen molar-refractivity contribution in [3.8, 4) is 22.9 Å². The molecule has 0 amide bonds. The van der Waals surface area contributed by atoms with Gasteiger partial charge in [0.05, 0.1) is 19.8 Å². The van der Waals surface area contributed by atoms with Crippen LogP contribution in [0.5, 0.6) is 11.5 Å². The molecule has 0 saturated carbocycles. The highest BCUT2D eigenvalue weighted by Crippen LogP contribution is 2.36. The summed E-state index contributed by atoms with van der Waals surface area (Å²) in [5.74, 6) is 1.71. The Bertz CT molecular complexity index is 921. The average Bonchev–Trinajstić information content (AvgIpc) is 3.23. The zero-order chi connectivity index (χ0) is 20.1. The van der Waals surface area contributed by atoms with Gasteiger partial charge in [-0.3, -0.25) is 4.90 Å². The number of hydrogen-bond acceptors (Lipinski definition) is 7. The Labute approximate surface area is 170 Å². The molecule has 3 aromatic rings. The molecular formula is C22H26N4O3. The first-order valence-electron chi connectivity index (χ1n) is 9.84. The molecule has 0 atom stereocenters. The number of rotatable bonds is 7. The molecule has 0 aliphatic carbocycles. The van der Waals surface area contributed by atoms with Crippen LogP contribution in [-0.4, -0.2) is 48.4 Å². The van der Waals surface area contributed by atoms with Crippen molar-refractivity contribution in [1.82, 2.24) is 15.0 Å². The number of methoxy groups -OCH3 is 2. The highest BCUT2D eigenvalue weighted by Gasteiger charge is 2.22. The van der Waals surface area contributed by atoms with E-state index in [2.05, 4.69) is 50.7 Å². The summed E-state index contributed by atoms with van der Waals surface area (Å²) < 4.78 is 16.3. The maximum Gasteiger partial charge on any atom is 0.322 e. The van der Waals surface area contributed by atoms with Crippen LogP contribution in [0, 0.1) is 0 Å². The van der Waals surface area contributed by atoms with Gasteiger partial charge in [-0.2, -0.15) is 4.98 Å². The number of aromatic nitrogens is 2. The van der Waals surface area contributed by atoms with Gasteiger partial charge in [0.15, 0.2) is 11.5 Å². The van der Waals surface area contributed by atoms with E-state index in [-0.39, 0.29) is 0 Å². The fourth-order valence-electron chi connectivity index (χ4n) is 3.71. The van der Waals surface area contributed by atoms with Gasteiger partial charge in [0, 0.05) is 25.7 Å². The average molecular weight is 394 g/mol. The predicted molar refractivity (Wildman–Crippen MR) is 111 cm³/mol. The lowest BCUT2D eigenvalue weighted by atomic mass is 10.0. The minimum absolute atomic E-state index is 0.322. The van der Waals surface area contributed by atoms with Gasteiger partial charge >= 0.3 is 6.01 Å². The van der Waals surface area contributed by atoms with Gasteiger partial charge in [-0.25, -0.2) is 0 Å². The lowest BCUT2D eigenvalue weighted by molar-refractivity contribution is 0.210. The molecule has 1 N–H and O–H groups in total. The molecule has 4 rings (SSSR count). The van der Waals surface area contributed by atoms with Crippen molar-refractivity contribution in [3.63, 3.8) is 0 Å². The first-order chi connectivity index (χ1) is 14.3. The molecule has 0 radical (unpaired) electrons. The number of nitrogens with one attached hydrogen (secondary N) is 1. The summed E-state index contributed by atoms with van der Waals surface area (Å²) in [6.07, 6.45) is 2.07. The van der Waals surface area contributed by atoms with Crippen LogP contribution in [0.4, 0.5) is 6.01 Å². The van der Waals surface area contributed by atoms with Gasteiger partial charge < -0.3 is 19.3 Å². The second-order valence-electron chi connectivity index (χ2n) is 7.14. The first kappa shape index (κ1) is 19.3. The molecule has 0 bridgehead atoms. The number of ether oxygens (including phenoxy) is 2. The summed E-state index contributed by atoms with van der Waals surface area (Å²) in [5, 5.41) is 7.49. The van der Waals surface area contributed by atoms with E-state index in [1.54, 1.807) is 14.2 Å². The van der Waals surface area contributed by atoms with Gasteiger partial charge in [0.2, 0.25) is 5.82 Å². The van der Waals surface area contributed by atoms with Crippen LogP contribution < -0.4 is 14.8 Å². The van der Waals surface area contributed by atoms with E-state index >= 15 is 0 Å². The molecule has 1 fully saturated rings. The summed E-state index contributed by atoms with van der Waals surface area (Å²) in [5.41, 5.74) is 2.09. The van der Waals surface area contributed by atoms with E-state index in [0.717, 1.165) is 38.0 Å². The normalized spacial score (nSPS) is 15.2. The predicted octanol–water partition coefficient (Wildman–Crippen LogP) is 3.83. The van der Waals surface area contributed by atoms with Crippen molar-refractivity contribution in [3.05, 3.63) is 54.1 Å². The molecule has 29 heavy (non-hydrogen) atoms. The molecule has 1 aliphatic heterocycles. The van der Waals surface area contributed by atoms with Crippen LogP contribution in [0.25, 0.3) is 11.4 Å². The van der Waals surface area contributed by atoms with E-state index in [1.807, 2.05) is 18.2 Å². The standard InChI is InChI=1S/C22H26N4O3/c1-27-19-10-6-9-18(20(19)28-2)21-24-22(29-25-21)23-17-11-13-26(14-12-17)15-16-7-4-3-5-8-16/h3-10,17H,11-15H2,1-2H3,(H,23,24,25). The lowest BCUT2D eigenvalue weighted by Crippen LogP contribution is -2.38. The third kappa shape index (κ3) is 4.51. The molecule has 2 heterocycles. The van der Waals surface area contributed by atoms with Crippen molar-refractivity contribution in [2.75, 3.05) is 32.6 Å². The second kappa shape index (κ2) is 8.96. The number of anilines is 1. The fourth-order valence-corrected chi connectivity index (χ4v) is 3.71. The van der Waals surface area contributed by atoms with Gasteiger partial charge in [-0.1, -0.05) is 41.6 Å². The van der Waals surface area contributed by atoms with Crippen LogP contribution in [0.15, 0.2) is 53.1 Å². The quantitative estimate of drug-likeness (QED) is 0.653. The lowest BCUT2D eigenvalue weighted by Gasteiger charge is -2.31. The van der Waals surface area contributed by atoms with Crippen molar-refractivity contribution in [1.29, 1.82) is 0 Å². The minimum atomic E-state index is 0.322. The van der Waals surface area contributed by atoms with Crippen molar-refractivity contribution in [2.24, 2.45) is 0 Å². The second-order valence-corrected chi connectivity index (χ2v) is 7.14. The Kier molecular flexibility index (Phi) is 5.95. The third-order valence-corrected chi connectivity index (χ3v) is 5.23. The highest BCUT2D eigenvalue weighted by atomic mass is 16.5. The molecule has 152 valence electrons. The largest absolute Gasteiger partial charge is 0.493 e. The van der Waals surface area contributed by atoms with Crippen LogP contribution >= 0.6 is 0 Å². The van der Waals surface area contributed by atoms with Gasteiger partial charge in [-0.15, -0.1) is 0 Å². The molecule has 1 aromatic heterocycles. The number of para-hydroxylation sites is 1. The van der Waals surface area contributed by atoms with Crippen LogP contribution in [0.1, 0.15) is 18.4 Å². The van der Waals surface area contributed by atoms with E-state index in [1.165, 1.54) is 5.56 Å². The zero-order valence-corrected chi connectivity index (χ0v) is 16.8. The number of benzene rings is 2. The number of hydrogen-bond donors (Lipinski definition) is 1. The Morgan fingerprint density at radius 3 is 2.55 bits per heavy atom. The first-order valence-corrected chi connectivity index (χ1v) is 9.84. The van der Waals surface area contributed by atoms with E-state index in [9.17, 15) is 0 Å². The Morgan fingerprint density at radius 1 is 1.03 bits per heavy atom. The third-order valence-electron chi connectivity index (χ3n) is 5.23. The summed E-state index contributed by atoms with van der Waals surface area (Å²) in [6, 6.07) is 17.0. The Balaban J connectivity index is 1.36. The SMILES string of the molecule is COc1cccc(-c2noc(NC3CCN(Cc4ccccc4)CC3)n2)c1OC. The van der Waals surface area contributed by atoms with Gasteiger partial charge in [0.1, 0.15) is 0 Å². The van der Waals surface area contributed by atoms with E-state index in [0.29, 0.717) is 29.4 Å². The zero-order valence-electron chi connectivity index (χ0n) is 16.8. The summed E-state index contributed by atoms with van der Waals surface area (Å²) >= 11 is 0. The minimum Gasteiger partial charge on any atom is -0.493 e. The topological polar surface area (TPSA) is 72.7 Å². The number of piperidine rings is 1. The smallest absolute Gasteiger partial charge is 0.322 e. The van der Waals surface area contributed by atoms with E-state index in [4.69, 9.17) is 14.0 Å². The van der Waals surface area contributed by atoms with Crippen LogP contribution in [0.3, 0.4) is 0 Å². The molecule has 1 aliphatic rings.